The number of amides is 1. The summed E-state index contributed by atoms with van der Waals surface area (Å²) < 4.78 is 34.3. The van der Waals surface area contributed by atoms with E-state index in [1.165, 1.54) is 25.3 Å². The summed E-state index contributed by atoms with van der Waals surface area (Å²) in [4.78, 5) is 11.9. The minimum Gasteiger partial charge on any atom is -0.497 e. The van der Waals surface area contributed by atoms with E-state index in [4.69, 9.17) is 10.5 Å². The standard InChI is InChI=1S/C15H22F2N2O3/c1-4-9(2)13(18)14(20)19-8-10-7-11(21-3)5-6-12(10)22-15(16)17/h5-7,9,13,15H,4,8,18H2,1-3H3,(H,19,20). The number of nitrogens with one attached hydrogen (secondary N) is 1. The molecule has 22 heavy (non-hydrogen) atoms. The fourth-order valence-corrected chi connectivity index (χ4v) is 1.84. The first kappa shape index (κ1) is 18.2. The molecule has 0 aromatic heterocycles. The lowest BCUT2D eigenvalue weighted by atomic mass is 9.99. The third kappa shape index (κ3) is 5.14. The molecule has 0 saturated heterocycles. The van der Waals surface area contributed by atoms with Crippen LogP contribution in [0.1, 0.15) is 25.8 Å². The van der Waals surface area contributed by atoms with Crippen LogP contribution in [0, 0.1) is 5.92 Å². The molecule has 0 spiro atoms. The molecule has 1 rings (SSSR count). The minimum atomic E-state index is -2.94. The van der Waals surface area contributed by atoms with Crippen LogP contribution in [0.5, 0.6) is 11.5 Å². The number of nitrogens with two attached hydrogens (primary N) is 1. The summed E-state index contributed by atoms with van der Waals surface area (Å²) >= 11 is 0. The van der Waals surface area contributed by atoms with Crippen LogP contribution in [0.15, 0.2) is 18.2 Å². The van der Waals surface area contributed by atoms with E-state index < -0.39 is 12.7 Å². The number of hydrogen-bond donors (Lipinski definition) is 2. The maximum absolute atomic E-state index is 12.4. The first-order valence-electron chi connectivity index (χ1n) is 7.04. The predicted octanol–water partition coefficient (Wildman–Crippen LogP) is 2.29. The van der Waals surface area contributed by atoms with E-state index in [9.17, 15) is 13.6 Å². The molecule has 0 fully saturated rings. The third-order valence-electron chi connectivity index (χ3n) is 3.50. The van der Waals surface area contributed by atoms with Gasteiger partial charge in [-0.1, -0.05) is 20.3 Å². The van der Waals surface area contributed by atoms with Crippen molar-refractivity contribution in [3.8, 4) is 11.5 Å². The van der Waals surface area contributed by atoms with Crippen LogP contribution >= 0.6 is 0 Å². The van der Waals surface area contributed by atoms with Gasteiger partial charge in [0.25, 0.3) is 0 Å². The Labute approximate surface area is 128 Å². The SMILES string of the molecule is CCC(C)C(N)C(=O)NCc1cc(OC)ccc1OC(F)F. The second-order valence-electron chi connectivity index (χ2n) is 4.98. The highest BCUT2D eigenvalue weighted by atomic mass is 19.3. The Morgan fingerprint density at radius 2 is 2.09 bits per heavy atom. The van der Waals surface area contributed by atoms with E-state index in [0.29, 0.717) is 11.3 Å². The lowest BCUT2D eigenvalue weighted by molar-refractivity contribution is -0.123. The van der Waals surface area contributed by atoms with Gasteiger partial charge >= 0.3 is 6.61 Å². The molecule has 1 aromatic rings. The Bertz CT molecular complexity index is 498. The maximum Gasteiger partial charge on any atom is 0.387 e. The largest absolute Gasteiger partial charge is 0.497 e. The van der Waals surface area contributed by atoms with Gasteiger partial charge in [-0.25, -0.2) is 0 Å². The number of methoxy groups -OCH3 is 1. The van der Waals surface area contributed by atoms with Crippen LogP contribution in [0.4, 0.5) is 8.78 Å². The van der Waals surface area contributed by atoms with Crippen molar-refractivity contribution >= 4 is 5.91 Å². The average Bonchev–Trinajstić information content (AvgIpc) is 2.51. The van der Waals surface area contributed by atoms with Crippen LogP contribution in [0.3, 0.4) is 0 Å². The summed E-state index contributed by atoms with van der Waals surface area (Å²) in [6.45, 7) is 0.905. The molecule has 0 heterocycles. The van der Waals surface area contributed by atoms with Gasteiger partial charge in [-0.05, 0) is 24.1 Å². The average molecular weight is 316 g/mol. The van der Waals surface area contributed by atoms with Gasteiger partial charge in [0.15, 0.2) is 0 Å². The van der Waals surface area contributed by atoms with Gasteiger partial charge in [-0.15, -0.1) is 0 Å². The number of hydrogen-bond acceptors (Lipinski definition) is 4. The van der Waals surface area contributed by atoms with Crippen LogP contribution in [0.2, 0.25) is 0 Å². The second-order valence-corrected chi connectivity index (χ2v) is 4.98. The van der Waals surface area contributed by atoms with Crippen LogP contribution in [0.25, 0.3) is 0 Å². The fourth-order valence-electron chi connectivity index (χ4n) is 1.84. The summed E-state index contributed by atoms with van der Waals surface area (Å²) in [5.74, 6) is 0.174. The number of benzene rings is 1. The molecule has 7 heteroatoms. The van der Waals surface area contributed by atoms with Gasteiger partial charge in [0.1, 0.15) is 11.5 Å². The molecular formula is C15H22F2N2O3. The van der Waals surface area contributed by atoms with Crippen molar-refractivity contribution in [1.82, 2.24) is 5.32 Å². The lowest BCUT2D eigenvalue weighted by Crippen LogP contribution is -2.44. The van der Waals surface area contributed by atoms with E-state index in [0.717, 1.165) is 6.42 Å². The van der Waals surface area contributed by atoms with Crippen molar-refractivity contribution in [3.63, 3.8) is 0 Å². The molecule has 124 valence electrons. The fraction of sp³-hybridized carbons (Fsp3) is 0.533. The van der Waals surface area contributed by atoms with E-state index in [-0.39, 0.29) is 24.1 Å². The Kier molecular flexibility index (Phi) is 7.04. The Morgan fingerprint density at radius 1 is 1.41 bits per heavy atom. The number of alkyl halides is 2. The Balaban J connectivity index is 2.80. The summed E-state index contributed by atoms with van der Waals surface area (Å²) in [5.41, 5.74) is 6.22. The number of halogens is 2. The smallest absolute Gasteiger partial charge is 0.387 e. The van der Waals surface area contributed by atoms with Gasteiger partial charge in [0.05, 0.1) is 13.2 Å². The van der Waals surface area contributed by atoms with Crippen LogP contribution in [-0.4, -0.2) is 25.7 Å². The monoisotopic (exact) mass is 316 g/mol. The molecule has 1 aromatic carbocycles. The summed E-state index contributed by atoms with van der Waals surface area (Å²) in [7, 11) is 1.46. The number of ether oxygens (including phenoxy) is 2. The molecule has 5 nitrogen and oxygen atoms in total. The molecule has 0 aliphatic heterocycles. The van der Waals surface area contributed by atoms with Gasteiger partial charge < -0.3 is 20.5 Å². The number of carbonyl (C=O) groups is 1. The molecule has 0 saturated carbocycles. The quantitative estimate of drug-likeness (QED) is 0.772. The van der Waals surface area contributed by atoms with Crippen LogP contribution in [-0.2, 0) is 11.3 Å². The molecule has 2 unspecified atom stereocenters. The molecule has 3 N–H and O–H groups in total. The lowest BCUT2D eigenvalue weighted by Gasteiger charge is -2.18. The highest BCUT2D eigenvalue weighted by molar-refractivity contribution is 5.81. The second kappa shape index (κ2) is 8.53. The normalized spacial score (nSPS) is 13.6. The van der Waals surface area contributed by atoms with E-state index in [1.54, 1.807) is 0 Å². The molecule has 0 bridgehead atoms. The Morgan fingerprint density at radius 3 is 2.64 bits per heavy atom. The highest BCUT2D eigenvalue weighted by Gasteiger charge is 2.20. The number of rotatable bonds is 8. The van der Waals surface area contributed by atoms with Gasteiger partial charge in [-0.2, -0.15) is 8.78 Å². The third-order valence-corrected chi connectivity index (χ3v) is 3.50. The molecule has 0 aliphatic carbocycles. The molecule has 1 amide bonds. The first-order chi connectivity index (χ1) is 10.4. The van der Waals surface area contributed by atoms with Gasteiger partial charge in [-0.3, -0.25) is 4.79 Å². The zero-order valence-electron chi connectivity index (χ0n) is 12.9. The van der Waals surface area contributed by atoms with Crippen LogP contribution < -0.4 is 20.5 Å². The zero-order valence-corrected chi connectivity index (χ0v) is 12.9. The van der Waals surface area contributed by atoms with E-state index in [1.807, 2.05) is 13.8 Å². The van der Waals surface area contributed by atoms with E-state index in [2.05, 4.69) is 10.1 Å². The topological polar surface area (TPSA) is 73.6 Å². The zero-order chi connectivity index (χ0) is 16.7. The highest BCUT2D eigenvalue weighted by Crippen LogP contribution is 2.25. The van der Waals surface area contributed by atoms with Gasteiger partial charge in [0.2, 0.25) is 5.91 Å². The molecule has 2 atom stereocenters. The summed E-state index contributed by atoms with van der Waals surface area (Å²) in [6.07, 6.45) is 0.771. The summed E-state index contributed by atoms with van der Waals surface area (Å²) in [6, 6.07) is 3.77. The van der Waals surface area contributed by atoms with Crippen molar-refractivity contribution < 1.29 is 23.0 Å². The van der Waals surface area contributed by atoms with Crippen molar-refractivity contribution in [1.29, 1.82) is 0 Å². The summed E-state index contributed by atoms with van der Waals surface area (Å²) in [5, 5.41) is 2.63. The van der Waals surface area contributed by atoms with E-state index >= 15 is 0 Å². The van der Waals surface area contributed by atoms with Crippen molar-refractivity contribution in [2.45, 2.75) is 39.5 Å². The minimum absolute atomic E-state index is 0.00629. The molecule has 0 radical (unpaired) electrons. The number of carbonyl (C=O) groups excluding carboxylic acids is 1. The molecule has 0 aliphatic rings. The van der Waals surface area contributed by atoms with Crippen molar-refractivity contribution in [2.24, 2.45) is 11.7 Å². The predicted molar refractivity (Wildman–Crippen MR) is 78.9 cm³/mol. The Hall–Kier alpha value is -1.89. The van der Waals surface area contributed by atoms with Crippen molar-refractivity contribution in [3.05, 3.63) is 23.8 Å². The first-order valence-corrected chi connectivity index (χ1v) is 7.04. The maximum atomic E-state index is 12.4. The molecular weight excluding hydrogens is 294 g/mol. The van der Waals surface area contributed by atoms with Crippen molar-refractivity contribution in [2.75, 3.05) is 7.11 Å². The van der Waals surface area contributed by atoms with Gasteiger partial charge in [0, 0.05) is 12.1 Å².